The number of hydrogen-bond donors (Lipinski definition) is 1. The van der Waals surface area contributed by atoms with Crippen molar-refractivity contribution in [2.24, 2.45) is 17.8 Å². The third-order valence-electron chi connectivity index (χ3n) is 5.96. The van der Waals surface area contributed by atoms with Gasteiger partial charge in [-0.1, -0.05) is 19.8 Å². The Bertz CT molecular complexity index is 285. The third kappa shape index (κ3) is 3.00. The van der Waals surface area contributed by atoms with Crippen LogP contribution in [0.2, 0.25) is 0 Å². The molecule has 110 valence electrons. The standard InChI is InChI=1S/C17H31NO/c1-2-10-18-13-15-5-6-16(15)14-7-11-19-17(12-14)8-3-4-9-17/h14-16,18H,2-13H2,1H3. The Kier molecular flexibility index (Phi) is 4.48. The smallest absolute Gasteiger partial charge is 0.0685 e. The molecule has 1 heterocycles. The van der Waals surface area contributed by atoms with E-state index in [0.29, 0.717) is 5.60 Å². The first-order valence-corrected chi connectivity index (χ1v) is 8.68. The highest BCUT2D eigenvalue weighted by Gasteiger charge is 2.45. The molecule has 3 unspecified atom stereocenters. The second kappa shape index (κ2) is 6.13. The second-order valence-electron chi connectivity index (χ2n) is 7.20. The first kappa shape index (κ1) is 13.9. The lowest BCUT2D eigenvalue weighted by atomic mass is 9.63. The summed E-state index contributed by atoms with van der Waals surface area (Å²) in [6, 6.07) is 0. The minimum absolute atomic E-state index is 0.319. The predicted octanol–water partition coefficient (Wildman–Crippen LogP) is 3.75. The molecule has 2 saturated carbocycles. The van der Waals surface area contributed by atoms with Gasteiger partial charge in [0.15, 0.2) is 0 Å². The minimum Gasteiger partial charge on any atom is -0.375 e. The number of rotatable bonds is 5. The first-order valence-electron chi connectivity index (χ1n) is 8.68. The third-order valence-corrected chi connectivity index (χ3v) is 5.96. The van der Waals surface area contributed by atoms with Gasteiger partial charge in [0.05, 0.1) is 5.60 Å². The average molecular weight is 265 g/mol. The summed E-state index contributed by atoms with van der Waals surface area (Å²) in [5.74, 6) is 2.94. The van der Waals surface area contributed by atoms with Gasteiger partial charge in [-0.05, 0) is 75.8 Å². The fourth-order valence-electron chi connectivity index (χ4n) is 4.73. The van der Waals surface area contributed by atoms with Crippen LogP contribution in [-0.2, 0) is 4.74 Å². The summed E-state index contributed by atoms with van der Waals surface area (Å²) in [5, 5.41) is 3.64. The molecular weight excluding hydrogens is 234 g/mol. The number of nitrogens with one attached hydrogen (secondary N) is 1. The summed E-state index contributed by atoms with van der Waals surface area (Å²) < 4.78 is 6.19. The molecule has 0 aromatic heterocycles. The van der Waals surface area contributed by atoms with Crippen LogP contribution in [0.4, 0.5) is 0 Å². The van der Waals surface area contributed by atoms with E-state index in [1.54, 1.807) is 0 Å². The fraction of sp³-hybridized carbons (Fsp3) is 1.00. The quantitative estimate of drug-likeness (QED) is 0.764. The molecule has 3 rings (SSSR count). The van der Waals surface area contributed by atoms with E-state index < -0.39 is 0 Å². The van der Waals surface area contributed by atoms with Gasteiger partial charge >= 0.3 is 0 Å². The molecule has 2 nitrogen and oxygen atoms in total. The normalized spacial score (nSPS) is 37.4. The maximum Gasteiger partial charge on any atom is 0.0685 e. The summed E-state index contributed by atoms with van der Waals surface area (Å²) in [6.45, 7) is 5.76. The van der Waals surface area contributed by atoms with E-state index >= 15 is 0 Å². The molecule has 2 aliphatic carbocycles. The molecule has 1 aliphatic heterocycles. The molecule has 2 heteroatoms. The lowest BCUT2D eigenvalue weighted by Crippen LogP contribution is -2.46. The highest BCUT2D eigenvalue weighted by molar-refractivity contribution is 4.96. The van der Waals surface area contributed by atoms with Crippen molar-refractivity contribution in [1.29, 1.82) is 0 Å². The van der Waals surface area contributed by atoms with Gasteiger partial charge in [0.2, 0.25) is 0 Å². The minimum atomic E-state index is 0.319. The van der Waals surface area contributed by atoms with Gasteiger partial charge in [0.25, 0.3) is 0 Å². The Morgan fingerprint density at radius 2 is 2.00 bits per heavy atom. The van der Waals surface area contributed by atoms with Crippen LogP contribution in [0.15, 0.2) is 0 Å². The maximum atomic E-state index is 6.19. The van der Waals surface area contributed by atoms with Gasteiger partial charge in [0, 0.05) is 6.61 Å². The van der Waals surface area contributed by atoms with Crippen molar-refractivity contribution in [3.63, 3.8) is 0 Å². The van der Waals surface area contributed by atoms with Crippen LogP contribution in [0.5, 0.6) is 0 Å². The van der Waals surface area contributed by atoms with E-state index in [1.165, 1.54) is 70.9 Å². The zero-order chi connectivity index (χ0) is 13.1. The van der Waals surface area contributed by atoms with E-state index in [0.717, 1.165) is 24.4 Å². The zero-order valence-corrected chi connectivity index (χ0v) is 12.6. The average Bonchev–Trinajstić information content (AvgIpc) is 2.81. The van der Waals surface area contributed by atoms with Crippen molar-refractivity contribution in [2.45, 2.75) is 70.3 Å². The summed E-state index contributed by atoms with van der Waals surface area (Å²) >= 11 is 0. The van der Waals surface area contributed by atoms with E-state index in [-0.39, 0.29) is 0 Å². The zero-order valence-electron chi connectivity index (χ0n) is 12.6. The van der Waals surface area contributed by atoms with Gasteiger partial charge in [0.1, 0.15) is 0 Å². The molecule has 0 amide bonds. The van der Waals surface area contributed by atoms with E-state index in [9.17, 15) is 0 Å². The number of hydrogen-bond acceptors (Lipinski definition) is 2. The first-order chi connectivity index (χ1) is 9.33. The molecule has 0 radical (unpaired) electrons. The Morgan fingerprint density at radius 1 is 1.16 bits per heavy atom. The van der Waals surface area contributed by atoms with Gasteiger partial charge in [-0.2, -0.15) is 0 Å². The lowest BCUT2D eigenvalue weighted by Gasteiger charge is -2.48. The SMILES string of the molecule is CCCNCC1CCC1C1CCOC2(CCCC2)C1. The van der Waals surface area contributed by atoms with E-state index in [1.807, 2.05) is 0 Å². The van der Waals surface area contributed by atoms with Crippen LogP contribution in [0.3, 0.4) is 0 Å². The van der Waals surface area contributed by atoms with Crippen molar-refractivity contribution in [1.82, 2.24) is 5.32 Å². The van der Waals surface area contributed by atoms with Gasteiger partial charge in [-0.25, -0.2) is 0 Å². The van der Waals surface area contributed by atoms with Crippen LogP contribution >= 0.6 is 0 Å². The highest BCUT2D eigenvalue weighted by Crippen LogP contribution is 2.49. The fourth-order valence-corrected chi connectivity index (χ4v) is 4.73. The largest absolute Gasteiger partial charge is 0.375 e. The monoisotopic (exact) mass is 265 g/mol. The molecule has 0 bridgehead atoms. The van der Waals surface area contributed by atoms with Gasteiger partial charge < -0.3 is 10.1 Å². The molecule has 1 N–H and O–H groups in total. The Balaban J connectivity index is 1.51. The van der Waals surface area contributed by atoms with Gasteiger partial charge in [-0.3, -0.25) is 0 Å². The van der Waals surface area contributed by atoms with Crippen molar-refractivity contribution < 1.29 is 4.74 Å². The Hall–Kier alpha value is -0.0800. The summed E-state index contributed by atoms with van der Waals surface area (Å²) in [5.41, 5.74) is 0.319. The van der Waals surface area contributed by atoms with Gasteiger partial charge in [-0.15, -0.1) is 0 Å². The van der Waals surface area contributed by atoms with Crippen molar-refractivity contribution in [3.05, 3.63) is 0 Å². The molecule has 19 heavy (non-hydrogen) atoms. The van der Waals surface area contributed by atoms with Crippen LogP contribution in [0, 0.1) is 17.8 Å². The summed E-state index contributed by atoms with van der Waals surface area (Å²) in [4.78, 5) is 0. The molecule has 3 aliphatic rings. The number of ether oxygens (including phenoxy) is 1. The van der Waals surface area contributed by atoms with E-state index in [2.05, 4.69) is 12.2 Å². The molecule has 3 fully saturated rings. The lowest BCUT2D eigenvalue weighted by molar-refractivity contribution is -0.114. The van der Waals surface area contributed by atoms with Crippen LogP contribution in [0.1, 0.15) is 64.7 Å². The summed E-state index contributed by atoms with van der Waals surface area (Å²) in [6.07, 6.45) is 12.4. The maximum absolute atomic E-state index is 6.19. The van der Waals surface area contributed by atoms with Crippen LogP contribution in [0.25, 0.3) is 0 Å². The van der Waals surface area contributed by atoms with Crippen molar-refractivity contribution >= 4 is 0 Å². The molecular formula is C17H31NO. The molecule has 0 aromatic carbocycles. The van der Waals surface area contributed by atoms with Crippen molar-refractivity contribution in [3.8, 4) is 0 Å². The van der Waals surface area contributed by atoms with Crippen LogP contribution in [-0.4, -0.2) is 25.3 Å². The topological polar surface area (TPSA) is 21.3 Å². The Labute approximate surface area is 118 Å². The van der Waals surface area contributed by atoms with Crippen molar-refractivity contribution in [2.75, 3.05) is 19.7 Å². The second-order valence-corrected chi connectivity index (χ2v) is 7.20. The molecule has 1 spiro atoms. The predicted molar refractivity (Wildman–Crippen MR) is 79.2 cm³/mol. The Morgan fingerprint density at radius 3 is 2.68 bits per heavy atom. The summed E-state index contributed by atoms with van der Waals surface area (Å²) in [7, 11) is 0. The van der Waals surface area contributed by atoms with E-state index in [4.69, 9.17) is 4.74 Å². The highest BCUT2D eigenvalue weighted by atomic mass is 16.5. The molecule has 1 saturated heterocycles. The molecule has 0 aromatic rings. The molecule has 3 atom stereocenters. The van der Waals surface area contributed by atoms with Crippen LogP contribution < -0.4 is 5.32 Å².